The molecule has 0 bridgehead atoms. The summed E-state index contributed by atoms with van der Waals surface area (Å²) in [6.45, 7) is 1.59. The third-order valence-electron chi connectivity index (χ3n) is 1.54. The Labute approximate surface area is 80.8 Å². The highest BCUT2D eigenvalue weighted by molar-refractivity contribution is 5.81. The smallest absolute Gasteiger partial charge is 0.239 e. The van der Waals surface area contributed by atoms with Gasteiger partial charge in [-0.3, -0.25) is 4.79 Å². The van der Waals surface area contributed by atoms with Crippen LogP contribution in [0.4, 0.5) is 5.95 Å². The van der Waals surface area contributed by atoms with Crippen LogP contribution in [-0.2, 0) is 4.79 Å². The second kappa shape index (κ2) is 4.18. The molecule has 0 aliphatic rings. The first-order chi connectivity index (χ1) is 6.63. The zero-order chi connectivity index (χ0) is 10.6. The van der Waals surface area contributed by atoms with E-state index in [4.69, 9.17) is 11.0 Å². The summed E-state index contributed by atoms with van der Waals surface area (Å²) in [6.07, 6.45) is 1.43. The predicted octanol–water partition coefficient (Wildman–Crippen LogP) is -0.366. The molecule has 0 aromatic carbocycles. The summed E-state index contributed by atoms with van der Waals surface area (Å²) in [6, 6.07) is 2.77. The number of carbonyl (C=O) groups excluding carboxylic acids is 1. The SMILES string of the molecule is CC(Nc1nccc(C#N)n1)C(N)=O. The predicted molar refractivity (Wildman–Crippen MR) is 49.0 cm³/mol. The van der Waals surface area contributed by atoms with Gasteiger partial charge >= 0.3 is 0 Å². The van der Waals surface area contributed by atoms with Gasteiger partial charge in [-0.2, -0.15) is 5.26 Å². The van der Waals surface area contributed by atoms with Crippen molar-refractivity contribution in [2.24, 2.45) is 5.73 Å². The number of nitrogens with zero attached hydrogens (tertiary/aromatic N) is 3. The summed E-state index contributed by atoms with van der Waals surface area (Å²) in [5, 5.41) is 11.2. The minimum absolute atomic E-state index is 0.218. The van der Waals surface area contributed by atoms with E-state index in [1.807, 2.05) is 6.07 Å². The summed E-state index contributed by atoms with van der Waals surface area (Å²) >= 11 is 0. The van der Waals surface area contributed by atoms with Gasteiger partial charge < -0.3 is 11.1 Å². The summed E-state index contributed by atoms with van der Waals surface area (Å²) < 4.78 is 0. The summed E-state index contributed by atoms with van der Waals surface area (Å²) in [5.41, 5.74) is 5.27. The Bertz CT molecular complexity index is 384. The van der Waals surface area contributed by atoms with Gasteiger partial charge in [0.1, 0.15) is 17.8 Å². The number of hydrogen-bond donors (Lipinski definition) is 2. The monoisotopic (exact) mass is 191 g/mol. The standard InChI is InChI=1S/C8H9N5O/c1-5(7(10)14)12-8-11-3-2-6(4-9)13-8/h2-3,5H,1H3,(H2,10,14)(H,11,12,13). The van der Waals surface area contributed by atoms with Gasteiger partial charge in [0.15, 0.2) is 0 Å². The van der Waals surface area contributed by atoms with Crippen molar-refractivity contribution < 1.29 is 4.79 Å². The molecule has 1 unspecified atom stereocenters. The number of rotatable bonds is 3. The van der Waals surface area contributed by atoms with Crippen LogP contribution < -0.4 is 11.1 Å². The summed E-state index contributed by atoms with van der Waals surface area (Å²) in [4.78, 5) is 18.3. The quantitative estimate of drug-likeness (QED) is 0.678. The first-order valence-corrected chi connectivity index (χ1v) is 3.92. The maximum atomic E-state index is 10.7. The molecule has 3 N–H and O–H groups in total. The van der Waals surface area contributed by atoms with Crippen LogP contribution in [0.3, 0.4) is 0 Å². The van der Waals surface area contributed by atoms with Gasteiger partial charge in [-0.15, -0.1) is 0 Å². The molecule has 0 aliphatic heterocycles. The van der Waals surface area contributed by atoms with E-state index in [-0.39, 0.29) is 11.6 Å². The van der Waals surface area contributed by atoms with Crippen LogP contribution in [0.25, 0.3) is 0 Å². The molecule has 1 rings (SSSR count). The molecule has 6 nitrogen and oxygen atoms in total. The number of nitrogens with one attached hydrogen (secondary N) is 1. The summed E-state index contributed by atoms with van der Waals surface area (Å²) in [5.74, 6) is -0.286. The number of carbonyl (C=O) groups is 1. The van der Waals surface area contributed by atoms with E-state index in [0.717, 1.165) is 0 Å². The van der Waals surface area contributed by atoms with E-state index in [9.17, 15) is 4.79 Å². The lowest BCUT2D eigenvalue weighted by atomic mass is 10.3. The first kappa shape index (κ1) is 9.92. The number of nitrogens with two attached hydrogens (primary N) is 1. The van der Waals surface area contributed by atoms with Crippen LogP contribution in [-0.4, -0.2) is 21.9 Å². The average Bonchev–Trinajstić information content (AvgIpc) is 2.18. The zero-order valence-corrected chi connectivity index (χ0v) is 7.56. The maximum Gasteiger partial charge on any atom is 0.239 e. The molecular weight excluding hydrogens is 182 g/mol. The molecule has 1 aromatic heterocycles. The van der Waals surface area contributed by atoms with Crippen LogP contribution in [0, 0.1) is 11.3 Å². The van der Waals surface area contributed by atoms with Crippen molar-refractivity contribution in [3.8, 4) is 6.07 Å². The molecule has 0 radical (unpaired) electrons. The molecule has 6 heteroatoms. The Morgan fingerprint density at radius 3 is 3.07 bits per heavy atom. The molecule has 0 aliphatic carbocycles. The normalized spacial score (nSPS) is 11.4. The third-order valence-corrected chi connectivity index (χ3v) is 1.54. The Morgan fingerprint density at radius 1 is 1.79 bits per heavy atom. The Hall–Kier alpha value is -2.16. The maximum absolute atomic E-state index is 10.7. The molecule has 0 saturated heterocycles. The van der Waals surface area contributed by atoms with Crippen LogP contribution in [0.5, 0.6) is 0 Å². The van der Waals surface area contributed by atoms with Gasteiger partial charge in [0.05, 0.1) is 0 Å². The number of aromatic nitrogens is 2. The third kappa shape index (κ3) is 2.42. The molecule has 1 amide bonds. The van der Waals surface area contributed by atoms with Gasteiger partial charge in [-0.25, -0.2) is 9.97 Å². The Balaban J connectivity index is 2.78. The largest absolute Gasteiger partial charge is 0.368 e. The highest BCUT2D eigenvalue weighted by atomic mass is 16.1. The lowest BCUT2D eigenvalue weighted by Gasteiger charge is -2.08. The van der Waals surface area contributed by atoms with Crippen molar-refractivity contribution in [1.29, 1.82) is 5.26 Å². The van der Waals surface area contributed by atoms with Crippen molar-refractivity contribution in [3.63, 3.8) is 0 Å². The molecule has 1 heterocycles. The molecular formula is C8H9N5O. The Morgan fingerprint density at radius 2 is 2.50 bits per heavy atom. The summed E-state index contributed by atoms with van der Waals surface area (Å²) in [7, 11) is 0. The average molecular weight is 191 g/mol. The van der Waals surface area contributed by atoms with Gasteiger partial charge in [-0.05, 0) is 13.0 Å². The minimum atomic E-state index is -0.566. The van der Waals surface area contributed by atoms with Gasteiger partial charge in [0.25, 0.3) is 0 Å². The van der Waals surface area contributed by atoms with Crippen molar-refractivity contribution >= 4 is 11.9 Å². The number of anilines is 1. The lowest BCUT2D eigenvalue weighted by Crippen LogP contribution is -2.33. The minimum Gasteiger partial charge on any atom is -0.368 e. The molecule has 1 aromatic rings. The highest BCUT2D eigenvalue weighted by Gasteiger charge is 2.09. The van der Waals surface area contributed by atoms with Crippen molar-refractivity contribution in [2.75, 3.05) is 5.32 Å². The number of primary amides is 1. The number of nitriles is 1. The topological polar surface area (TPSA) is 105 Å². The van der Waals surface area contributed by atoms with Crippen molar-refractivity contribution in [2.45, 2.75) is 13.0 Å². The fraction of sp³-hybridized carbons (Fsp3) is 0.250. The van der Waals surface area contributed by atoms with Gasteiger partial charge in [-0.1, -0.05) is 0 Å². The van der Waals surface area contributed by atoms with Crippen LogP contribution in [0.15, 0.2) is 12.3 Å². The van der Waals surface area contributed by atoms with Crippen molar-refractivity contribution in [1.82, 2.24) is 9.97 Å². The van der Waals surface area contributed by atoms with Gasteiger partial charge in [0.2, 0.25) is 11.9 Å². The van der Waals surface area contributed by atoms with E-state index < -0.39 is 11.9 Å². The molecule has 0 saturated carbocycles. The van der Waals surface area contributed by atoms with Crippen LogP contribution >= 0.6 is 0 Å². The second-order valence-electron chi connectivity index (χ2n) is 2.65. The van der Waals surface area contributed by atoms with E-state index in [2.05, 4.69) is 15.3 Å². The molecule has 72 valence electrons. The molecule has 1 atom stereocenters. The fourth-order valence-corrected chi connectivity index (χ4v) is 0.755. The zero-order valence-electron chi connectivity index (χ0n) is 7.56. The van der Waals surface area contributed by atoms with E-state index in [1.165, 1.54) is 12.3 Å². The highest BCUT2D eigenvalue weighted by Crippen LogP contribution is 2.00. The first-order valence-electron chi connectivity index (χ1n) is 3.92. The Kier molecular flexibility index (Phi) is 2.97. The number of hydrogen-bond acceptors (Lipinski definition) is 5. The lowest BCUT2D eigenvalue weighted by molar-refractivity contribution is -0.118. The molecule has 0 fully saturated rings. The van der Waals surface area contributed by atoms with E-state index in [0.29, 0.717) is 0 Å². The van der Waals surface area contributed by atoms with E-state index >= 15 is 0 Å². The van der Waals surface area contributed by atoms with Gasteiger partial charge in [0, 0.05) is 6.20 Å². The van der Waals surface area contributed by atoms with Crippen molar-refractivity contribution in [3.05, 3.63) is 18.0 Å². The van der Waals surface area contributed by atoms with Crippen LogP contribution in [0.1, 0.15) is 12.6 Å². The second-order valence-corrected chi connectivity index (χ2v) is 2.65. The fourth-order valence-electron chi connectivity index (χ4n) is 0.755. The molecule has 14 heavy (non-hydrogen) atoms. The van der Waals surface area contributed by atoms with Crippen LogP contribution in [0.2, 0.25) is 0 Å². The molecule has 0 spiro atoms. The number of amides is 1. The van der Waals surface area contributed by atoms with E-state index in [1.54, 1.807) is 6.92 Å².